The van der Waals surface area contributed by atoms with E-state index in [-0.39, 0.29) is 22.8 Å². The number of benzene rings is 2. The zero-order valence-electron chi connectivity index (χ0n) is 15.2. The molecule has 0 saturated carbocycles. The second-order valence-electron chi connectivity index (χ2n) is 6.12. The van der Waals surface area contributed by atoms with Crippen molar-refractivity contribution in [1.29, 1.82) is 0 Å². The molecule has 8 nitrogen and oxygen atoms in total. The first-order valence-electron chi connectivity index (χ1n) is 8.18. The van der Waals surface area contributed by atoms with Crippen molar-refractivity contribution in [3.8, 4) is 11.1 Å². The highest BCUT2D eigenvalue weighted by Crippen LogP contribution is 2.40. The van der Waals surface area contributed by atoms with Crippen molar-refractivity contribution < 1.29 is 15.7 Å². The largest absolute Gasteiger partial charge is 0.412 e. The van der Waals surface area contributed by atoms with Crippen LogP contribution in [0.2, 0.25) is 0 Å². The Hall–Kier alpha value is -3.62. The number of hydrogen-bond acceptors (Lipinski definition) is 5. The van der Waals surface area contributed by atoms with Crippen molar-refractivity contribution in [3.05, 3.63) is 84.4 Å². The molecule has 28 heavy (non-hydrogen) atoms. The molecule has 1 unspecified atom stereocenters. The van der Waals surface area contributed by atoms with Crippen molar-refractivity contribution in [3.63, 3.8) is 0 Å². The number of likely N-dealkylation sites (N-methyl/N-ethyl adjacent to an activating group) is 1. The quantitative estimate of drug-likeness (QED) is 0.706. The molecule has 0 radical (unpaired) electrons. The first kappa shape index (κ1) is 20.7. The predicted molar refractivity (Wildman–Crippen MR) is 106 cm³/mol. The molecule has 0 aliphatic carbocycles. The van der Waals surface area contributed by atoms with E-state index in [9.17, 15) is 4.79 Å². The maximum absolute atomic E-state index is 13.2. The average molecular weight is 379 g/mol. The molecule has 0 spiro atoms. The van der Waals surface area contributed by atoms with Crippen LogP contribution in [-0.2, 0) is 10.3 Å². The Morgan fingerprint density at radius 1 is 0.893 bits per heavy atom. The summed E-state index contributed by atoms with van der Waals surface area (Å²) in [6.45, 7) is 0. The maximum atomic E-state index is 13.2. The lowest BCUT2D eigenvalue weighted by atomic mass is 9.82. The van der Waals surface area contributed by atoms with Crippen molar-refractivity contribution in [2.24, 2.45) is 10.7 Å². The van der Waals surface area contributed by atoms with Crippen LogP contribution in [0.5, 0.6) is 0 Å². The van der Waals surface area contributed by atoms with Gasteiger partial charge in [0, 0.05) is 25.0 Å². The van der Waals surface area contributed by atoms with E-state index >= 15 is 0 Å². The minimum absolute atomic E-state index is 0. The van der Waals surface area contributed by atoms with Crippen molar-refractivity contribution >= 4 is 11.9 Å². The molecule has 0 bridgehead atoms. The average Bonchev–Trinajstić information content (AvgIpc) is 2.94. The third-order valence-corrected chi connectivity index (χ3v) is 4.61. The maximum Gasteiger partial charge on any atom is 0.266 e. The molecule has 4 rings (SSSR count). The molecular weight excluding hydrogens is 358 g/mol. The van der Waals surface area contributed by atoms with Gasteiger partial charge in [0.1, 0.15) is 6.33 Å². The lowest BCUT2D eigenvalue weighted by Gasteiger charge is -2.26. The molecule has 2 aromatic carbocycles. The van der Waals surface area contributed by atoms with Gasteiger partial charge < -0.3 is 16.7 Å². The molecule has 0 fully saturated rings. The lowest BCUT2D eigenvalue weighted by molar-refractivity contribution is -0.129. The van der Waals surface area contributed by atoms with E-state index in [1.165, 1.54) is 11.2 Å². The Labute approximate surface area is 162 Å². The van der Waals surface area contributed by atoms with Gasteiger partial charge in [-0.3, -0.25) is 9.69 Å². The number of aliphatic imine (C=N–C) groups is 1. The third-order valence-electron chi connectivity index (χ3n) is 4.61. The highest BCUT2D eigenvalue weighted by molar-refractivity contribution is 6.09. The summed E-state index contributed by atoms with van der Waals surface area (Å²) in [7, 11) is 1.64. The van der Waals surface area contributed by atoms with Crippen LogP contribution in [0, 0.1) is 0 Å². The van der Waals surface area contributed by atoms with Crippen LogP contribution in [0.3, 0.4) is 0 Å². The number of carbonyl (C=O) groups excluding carboxylic acids is 1. The van der Waals surface area contributed by atoms with Gasteiger partial charge in [0.15, 0.2) is 11.5 Å². The van der Waals surface area contributed by atoms with Gasteiger partial charge in [-0.25, -0.2) is 15.0 Å². The standard InChI is InChI=1S/C20H17N5O.2H2O/c1-25-18(26)20(24-19(25)21,16-7-3-2-4-8-16)17-9-5-6-14(10-17)15-11-22-13-23-12-15;;/h2-13H,1H3,(H2,21,24);2*1H2. The van der Waals surface area contributed by atoms with Crippen molar-refractivity contribution in [1.82, 2.24) is 14.9 Å². The van der Waals surface area contributed by atoms with E-state index in [1.807, 2.05) is 54.6 Å². The number of rotatable bonds is 3. The number of nitrogens with zero attached hydrogens (tertiary/aromatic N) is 4. The molecule has 1 aliphatic heterocycles. The smallest absolute Gasteiger partial charge is 0.266 e. The number of nitrogens with two attached hydrogens (primary N) is 1. The number of amides is 1. The van der Waals surface area contributed by atoms with Crippen LogP contribution in [0.15, 0.2) is 78.3 Å². The molecule has 2 heterocycles. The summed E-state index contributed by atoms with van der Waals surface area (Å²) in [4.78, 5) is 27.3. The lowest BCUT2D eigenvalue weighted by Crippen LogP contribution is -2.41. The number of aromatic nitrogens is 2. The molecule has 1 aromatic heterocycles. The Morgan fingerprint density at radius 2 is 1.54 bits per heavy atom. The Morgan fingerprint density at radius 3 is 2.14 bits per heavy atom. The van der Waals surface area contributed by atoms with E-state index in [1.54, 1.807) is 19.4 Å². The molecule has 1 atom stereocenters. The fourth-order valence-corrected chi connectivity index (χ4v) is 3.24. The van der Waals surface area contributed by atoms with Gasteiger partial charge in [0.2, 0.25) is 0 Å². The fraction of sp³-hybridized carbons (Fsp3) is 0.100. The molecular formula is C20H21N5O3. The summed E-state index contributed by atoms with van der Waals surface area (Å²) in [5, 5.41) is 0. The fourth-order valence-electron chi connectivity index (χ4n) is 3.24. The summed E-state index contributed by atoms with van der Waals surface area (Å²) in [6.07, 6.45) is 4.96. The number of guanidine groups is 1. The van der Waals surface area contributed by atoms with Crippen LogP contribution in [-0.4, -0.2) is 44.7 Å². The van der Waals surface area contributed by atoms with Gasteiger partial charge in [0.05, 0.1) is 0 Å². The number of carbonyl (C=O) groups is 1. The topological polar surface area (TPSA) is 147 Å². The van der Waals surface area contributed by atoms with Crippen molar-refractivity contribution in [2.75, 3.05) is 7.05 Å². The van der Waals surface area contributed by atoms with E-state index < -0.39 is 5.54 Å². The molecule has 0 saturated heterocycles. The second kappa shape index (κ2) is 7.95. The molecule has 6 N–H and O–H groups in total. The van der Waals surface area contributed by atoms with Gasteiger partial charge in [0.25, 0.3) is 5.91 Å². The summed E-state index contributed by atoms with van der Waals surface area (Å²) in [6, 6.07) is 17.2. The molecule has 1 aliphatic rings. The molecule has 3 aromatic rings. The zero-order chi connectivity index (χ0) is 18.1. The summed E-state index contributed by atoms with van der Waals surface area (Å²) in [5.41, 5.74) is 8.12. The van der Waals surface area contributed by atoms with E-state index in [0.29, 0.717) is 0 Å². The summed E-state index contributed by atoms with van der Waals surface area (Å²) >= 11 is 0. The van der Waals surface area contributed by atoms with Crippen LogP contribution in [0.1, 0.15) is 11.1 Å². The summed E-state index contributed by atoms with van der Waals surface area (Å²) in [5.74, 6) is 0.0231. The first-order chi connectivity index (χ1) is 12.6. The van der Waals surface area contributed by atoms with Crippen LogP contribution >= 0.6 is 0 Å². The highest BCUT2D eigenvalue weighted by Gasteiger charge is 2.49. The normalized spacial score (nSPS) is 18.1. The Bertz CT molecular complexity index is 995. The summed E-state index contributed by atoms with van der Waals surface area (Å²) < 4.78 is 0. The second-order valence-corrected chi connectivity index (χ2v) is 6.12. The first-order valence-corrected chi connectivity index (χ1v) is 8.18. The van der Waals surface area contributed by atoms with E-state index in [4.69, 9.17) is 5.73 Å². The van der Waals surface area contributed by atoms with E-state index in [0.717, 1.165) is 22.3 Å². The van der Waals surface area contributed by atoms with Gasteiger partial charge in [-0.2, -0.15) is 0 Å². The Kier molecular flexibility index (Phi) is 5.87. The van der Waals surface area contributed by atoms with Crippen molar-refractivity contribution in [2.45, 2.75) is 5.54 Å². The third kappa shape index (κ3) is 3.11. The van der Waals surface area contributed by atoms with Crippen LogP contribution in [0.25, 0.3) is 11.1 Å². The zero-order valence-corrected chi connectivity index (χ0v) is 15.2. The van der Waals surface area contributed by atoms with Crippen LogP contribution < -0.4 is 5.73 Å². The monoisotopic (exact) mass is 379 g/mol. The van der Waals surface area contributed by atoms with Crippen LogP contribution in [0.4, 0.5) is 0 Å². The minimum atomic E-state index is -1.19. The predicted octanol–water partition coefficient (Wildman–Crippen LogP) is 0.524. The molecule has 1 amide bonds. The minimum Gasteiger partial charge on any atom is -0.412 e. The SMILES string of the molecule is CN1C(=O)C(c2ccccc2)(c2cccc(-c3cncnc3)c2)N=C1N.O.O. The molecule has 144 valence electrons. The molecule has 8 heteroatoms. The van der Waals surface area contributed by atoms with Gasteiger partial charge in [-0.15, -0.1) is 0 Å². The number of hydrogen-bond donors (Lipinski definition) is 1. The van der Waals surface area contributed by atoms with Gasteiger partial charge in [-0.05, 0) is 22.8 Å². The van der Waals surface area contributed by atoms with Gasteiger partial charge >= 0.3 is 0 Å². The van der Waals surface area contributed by atoms with Gasteiger partial charge in [-0.1, -0.05) is 48.5 Å². The Balaban J connectivity index is 0.00000140. The highest BCUT2D eigenvalue weighted by atomic mass is 16.2. The van der Waals surface area contributed by atoms with E-state index in [2.05, 4.69) is 15.0 Å².